The zero-order valence-corrected chi connectivity index (χ0v) is 7.42. The number of hydrogen-bond acceptors (Lipinski definition) is 2. The van der Waals surface area contributed by atoms with Crippen molar-refractivity contribution >= 4 is 5.91 Å². The second-order valence-corrected chi connectivity index (χ2v) is 3.21. The number of carbonyl (C=O) groups is 1. The molecule has 0 aromatic carbocycles. The Morgan fingerprint density at radius 3 is 2.83 bits per heavy atom. The zero-order chi connectivity index (χ0) is 8.97. The van der Waals surface area contributed by atoms with E-state index in [1.165, 1.54) is 6.92 Å². The van der Waals surface area contributed by atoms with E-state index in [9.17, 15) is 4.79 Å². The summed E-state index contributed by atoms with van der Waals surface area (Å²) in [5.41, 5.74) is 0. The molecule has 0 unspecified atom stereocenters. The first-order chi connectivity index (χ1) is 5.75. The highest BCUT2D eigenvalue weighted by Crippen LogP contribution is 2.15. The number of nitriles is 1. The summed E-state index contributed by atoms with van der Waals surface area (Å²) in [6.45, 7) is 2.29. The average molecular weight is 166 g/mol. The van der Waals surface area contributed by atoms with Gasteiger partial charge in [0.05, 0.1) is 6.07 Å². The van der Waals surface area contributed by atoms with E-state index in [0.29, 0.717) is 0 Å². The van der Waals surface area contributed by atoms with Crippen LogP contribution in [0.4, 0.5) is 0 Å². The summed E-state index contributed by atoms with van der Waals surface area (Å²) in [5, 5.41) is 8.79. The summed E-state index contributed by atoms with van der Waals surface area (Å²) in [7, 11) is 0. The molecule has 0 spiro atoms. The second-order valence-electron chi connectivity index (χ2n) is 3.21. The van der Waals surface area contributed by atoms with Crippen LogP contribution in [0, 0.1) is 11.3 Å². The number of rotatable bonds is 0. The summed E-state index contributed by atoms with van der Waals surface area (Å²) in [6, 6.07) is 2.00. The van der Waals surface area contributed by atoms with Crippen molar-refractivity contribution in [3.05, 3.63) is 0 Å². The van der Waals surface area contributed by atoms with Crippen molar-refractivity contribution in [2.24, 2.45) is 0 Å². The Morgan fingerprint density at radius 1 is 1.50 bits per heavy atom. The van der Waals surface area contributed by atoms with Gasteiger partial charge < -0.3 is 4.90 Å². The fraction of sp³-hybridized carbons (Fsp3) is 0.778. The Balaban J connectivity index is 2.65. The van der Waals surface area contributed by atoms with E-state index in [1.54, 1.807) is 4.90 Å². The molecule has 66 valence electrons. The lowest BCUT2D eigenvalue weighted by molar-refractivity contribution is -0.130. The molecule has 1 heterocycles. The van der Waals surface area contributed by atoms with E-state index in [4.69, 9.17) is 5.26 Å². The van der Waals surface area contributed by atoms with E-state index < -0.39 is 0 Å². The number of nitrogens with zero attached hydrogens (tertiary/aromatic N) is 2. The normalized spacial score (nSPS) is 24.3. The molecular weight excluding hydrogens is 152 g/mol. The maximum Gasteiger partial charge on any atom is 0.220 e. The number of likely N-dealkylation sites (tertiary alicyclic amines) is 1. The van der Waals surface area contributed by atoms with Crippen molar-refractivity contribution in [2.75, 3.05) is 6.54 Å². The summed E-state index contributed by atoms with van der Waals surface area (Å²) in [5.74, 6) is 0.0310. The average Bonchev–Trinajstić information content (AvgIpc) is 2.27. The van der Waals surface area contributed by atoms with Crippen LogP contribution < -0.4 is 0 Å². The van der Waals surface area contributed by atoms with Crippen LogP contribution >= 0.6 is 0 Å². The molecule has 1 amide bonds. The maximum absolute atomic E-state index is 11.1. The van der Waals surface area contributed by atoms with Gasteiger partial charge in [-0.1, -0.05) is 12.8 Å². The van der Waals surface area contributed by atoms with E-state index in [1.807, 2.05) is 0 Å². The molecule has 1 fully saturated rings. The first kappa shape index (κ1) is 9.05. The van der Waals surface area contributed by atoms with Gasteiger partial charge in [-0.25, -0.2) is 0 Å². The van der Waals surface area contributed by atoms with Crippen LogP contribution in [0.1, 0.15) is 32.6 Å². The minimum atomic E-state index is -0.176. The third kappa shape index (κ3) is 1.97. The van der Waals surface area contributed by atoms with Crippen molar-refractivity contribution in [3.63, 3.8) is 0 Å². The van der Waals surface area contributed by atoms with E-state index in [2.05, 4.69) is 6.07 Å². The second kappa shape index (κ2) is 4.10. The van der Waals surface area contributed by atoms with Crippen molar-refractivity contribution in [1.29, 1.82) is 5.26 Å². The summed E-state index contributed by atoms with van der Waals surface area (Å²) >= 11 is 0. The van der Waals surface area contributed by atoms with E-state index in [-0.39, 0.29) is 11.9 Å². The van der Waals surface area contributed by atoms with Gasteiger partial charge in [-0.15, -0.1) is 0 Å². The minimum absolute atomic E-state index is 0.0310. The zero-order valence-electron chi connectivity index (χ0n) is 7.42. The lowest BCUT2D eigenvalue weighted by Gasteiger charge is -2.22. The first-order valence-electron chi connectivity index (χ1n) is 4.42. The molecule has 3 nitrogen and oxygen atoms in total. The van der Waals surface area contributed by atoms with E-state index in [0.717, 1.165) is 32.2 Å². The fourth-order valence-electron chi connectivity index (χ4n) is 1.62. The monoisotopic (exact) mass is 166 g/mol. The summed E-state index contributed by atoms with van der Waals surface area (Å²) < 4.78 is 0. The number of amides is 1. The lowest BCUT2D eigenvalue weighted by Crippen LogP contribution is -2.37. The molecular formula is C9H14N2O. The molecule has 3 heteroatoms. The Bertz CT molecular complexity index is 207. The van der Waals surface area contributed by atoms with Crippen molar-refractivity contribution in [3.8, 4) is 6.07 Å². The van der Waals surface area contributed by atoms with E-state index >= 15 is 0 Å². The maximum atomic E-state index is 11.1. The third-order valence-corrected chi connectivity index (χ3v) is 2.31. The van der Waals surface area contributed by atoms with Gasteiger partial charge in [-0.2, -0.15) is 5.26 Å². The molecule has 1 atom stereocenters. The molecule has 0 aromatic rings. The van der Waals surface area contributed by atoms with Crippen molar-refractivity contribution in [2.45, 2.75) is 38.6 Å². The molecule has 0 aromatic heterocycles. The number of hydrogen-bond donors (Lipinski definition) is 0. The van der Waals surface area contributed by atoms with Crippen LogP contribution in [0.3, 0.4) is 0 Å². The predicted octanol–water partition coefficient (Wildman–Crippen LogP) is 1.30. The Labute approximate surface area is 73.0 Å². The smallest absolute Gasteiger partial charge is 0.220 e. The van der Waals surface area contributed by atoms with Gasteiger partial charge in [0, 0.05) is 13.5 Å². The van der Waals surface area contributed by atoms with Gasteiger partial charge in [-0.05, 0) is 12.8 Å². The van der Waals surface area contributed by atoms with Gasteiger partial charge in [0.1, 0.15) is 6.04 Å². The quantitative estimate of drug-likeness (QED) is 0.544. The van der Waals surface area contributed by atoms with Crippen LogP contribution in [-0.4, -0.2) is 23.4 Å². The third-order valence-electron chi connectivity index (χ3n) is 2.31. The fourth-order valence-corrected chi connectivity index (χ4v) is 1.62. The Hall–Kier alpha value is -1.04. The standard InChI is InChI=1S/C9H14N2O/c1-8(12)11-6-4-2-3-5-9(11)7-10/h9H,2-6H2,1H3/t9-/m0/s1. The molecule has 1 rings (SSSR count). The molecule has 1 aliphatic rings. The topological polar surface area (TPSA) is 44.1 Å². The van der Waals surface area contributed by atoms with Gasteiger partial charge in [0.2, 0.25) is 5.91 Å². The molecule has 0 aliphatic carbocycles. The van der Waals surface area contributed by atoms with Gasteiger partial charge >= 0.3 is 0 Å². The van der Waals surface area contributed by atoms with Gasteiger partial charge in [-0.3, -0.25) is 4.79 Å². The molecule has 0 radical (unpaired) electrons. The molecule has 1 saturated heterocycles. The van der Waals surface area contributed by atoms with Gasteiger partial charge in [0.25, 0.3) is 0 Å². The van der Waals surface area contributed by atoms with Crippen LogP contribution in [0.25, 0.3) is 0 Å². The van der Waals surface area contributed by atoms with Crippen LogP contribution in [0.2, 0.25) is 0 Å². The number of carbonyl (C=O) groups excluding carboxylic acids is 1. The van der Waals surface area contributed by atoms with Crippen LogP contribution in [-0.2, 0) is 4.79 Å². The highest BCUT2D eigenvalue weighted by molar-refractivity contribution is 5.74. The highest BCUT2D eigenvalue weighted by atomic mass is 16.2. The summed E-state index contributed by atoms with van der Waals surface area (Å²) in [4.78, 5) is 12.8. The van der Waals surface area contributed by atoms with Crippen molar-refractivity contribution in [1.82, 2.24) is 4.90 Å². The predicted molar refractivity (Wildman–Crippen MR) is 45.3 cm³/mol. The lowest BCUT2D eigenvalue weighted by atomic mass is 10.1. The molecule has 12 heavy (non-hydrogen) atoms. The highest BCUT2D eigenvalue weighted by Gasteiger charge is 2.21. The Kier molecular flexibility index (Phi) is 3.09. The van der Waals surface area contributed by atoms with Crippen LogP contribution in [0.15, 0.2) is 0 Å². The molecule has 0 saturated carbocycles. The Morgan fingerprint density at radius 2 is 2.25 bits per heavy atom. The summed E-state index contributed by atoms with van der Waals surface area (Å²) in [6.07, 6.45) is 4.10. The minimum Gasteiger partial charge on any atom is -0.327 e. The molecule has 0 N–H and O–H groups in total. The first-order valence-corrected chi connectivity index (χ1v) is 4.42. The largest absolute Gasteiger partial charge is 0.327 e. The molecule has 0 bridgehead atoms. The SMILES string of the molecule is CC(=O)N1CCCCC[C@H]1C#N. The van der Waals surface area contributed by atoms with Crippen molar-refractivity contribution < 1.29 is 4.79 Å². The molecule has 1 aliphatic heterocycles. The van der Waals surface area contributed by atoms with Crippen LogP contribution in [0.5, 0.6) is 0 Å². The van der Waals surface area contributed by atoms with Gasteiger partial charge in [0.15, 0.2) is 0 Å².